The third-order valence-corrected chi connectivity index (χ3v) is 4.49. The molecule has 1 aliphatic heterocycles. The van der Waals surface area contributed by atoms with E-state index in [1.807, 2.05) is 6.07 Å². The number of aliphatic hydroxyl groups is 1. The van der Waals surface area contributed by atoms with Crippen LogP contribution in [0, 0.1) is 0 Å². The number of hydrogen-bond donors (Lipinski definition) is 2. The van der Waals surface area contributed by atoms with E-state index in [0.29, 0.717) is 17.1 Å². The van der Waals surface area contributed by atoms with Crippen LogP contribution in [0.1, 0.15) is 23.2 Å². The maximum Gasteiger partial charge on any atom is 0.259 e. The Morgan fingerprint density at radius 1 is 1.07 bits per heavy atom. The molecule has 3 aromatic heterocycles. The predicted molar refractivity (Wildman–Crippen MR) is 103 cm³/mol. The van der Waals surface area contributed by atoms with Crippen molar-refractivity contribution in [3.8, 4) is 11.5 Å². The second-order valence-corrected chi connectivity index (χ2v) is 6.43. The van der Waals surface area contributed by atoms with Crippen LogP contribution in [0.25, 0.3) is 11.5 Å². The molecule has 9 nitrogen and oxygen atoms in total. The molecule has 28 heavy (non-hydrogen) atoms. The summed E-state index contributed by atoms with van der Waals surface area (Å²) in [5.74, 6) is 0.966. The first-order chi connectivity index (χ1) is 13.7. The Morgan fingerprint density at radius 3 is 2.64 bits per heavy atom. The molecule has 1 aliphatic rings. The molecule has 0 spiro atoms. The molecule has 142 valence electrons. The average molecular weight is 377 g/mol. The zero-order valence-corrected chi connectivity index (χ0v) is 15.1. The van der Waals surface area contributed by atoms with Crippen molar-refractivity contribution in [3.05, 3.63) is 54.6 Å². The number of rotatable bonds is 4. The smallest absolute Gasteiger partial charge is 0.259 e. The van der Waals surface area contributed by atoms with E-state index in [2.05, 4.69) is 35.1 Å². The van der Waals surface area contributed by atoms with Crippen molar-refractivity contribution in [1.82, 2.24) is 24.9 Å². The van der Waals surface area contributed by atoms with Gasteiger partial charge in [0, 0.05) is 25.5 Å². The van der Waals surface area contributed by atoms with E-state index >= 15 is 0 Å². The summed E-state index contributed by atoms with van der Waals surface area (Å²) in [6.07, 6.45) is 5.71. The molecule has 1 saturated heterocycles. The summed E-state index contributed by atoms with van der Waals surface area (Å²) in [6, 6.07) is 8.93. The van der Waals surface area contributed by atoms with Gasteiger partial charge < -0.3 is 10.0 Å². The van der Waals surface area contributed by atoms with Gasteiger partial charge in [0.05, 0.1) is 11.7 Å². The zero-order chi connectivity index (χ0) is 19.3. The lowest BCUT2D eigenvalue weighted by molar-refractivity contribution is 0.102. The number of pyridine rings is 2. The Hall–Kier alpha value is -3.46. The normalized spacial score (nSPS) is 14.7. The van der Waals surface area contributed by atoms with Gasteiger partial charge in [-0.15, -0.1) is 0 Å². The molecule has 1 amide bonds. The van der Waals surface area contributed by atoms with Gasteiger partial charge in [-0.05, 0) is 37.1 Å². The Labute approximate surface area is 161 Å². The summed E-state index contributed by atoms with van der Waals surface area (Å²) in [5.41, 5.74) is 0.999. The summed E-state index contributed by atoms with van der Waals surface area (Å²) >= 11 is 0. The van der Waals surface area contributed by atoms with E-state index in [-0.39, 0.29) is 18.0 Å². The van der Waals surface area contributed by atoms with Crippen LogP contribution in [-0.2, 0) is 0 Å². The quantitative estimate of drug-likeness (QED) is 0.703. The highest BCUT2D eigenvalue weighted by atomic mass is 16.3. The summed E-state index contributed by atoms with van der Waals surface area (Å²) < 4.78 is 0. The molecule has 0 saturated carbocycles. The topological polar surface area (TPSA) is 117 Å². The number of piperidine rings is 1. The third-order valence-electron chi connectivity index (χ3n) is 4.49. The van der Waals surface area contributed by atoms with Crippen molar-refractivity contribution < 1.29 is 9.90 Å². The number of anilines is 2. The van der Waals surface area contributed by atoms with E-state index in [9.17, 15) is 9.90 Å². The second kappa shape index (κ2) is 8.05. The average Bonchev–Trinajstić information content (AvgIpc) is 2.75. The number of nitrogens with zero attached hydrogens (tertiary/aromatic N) is 6. The van der Waals surface area contributed by atoms with Crippen LogP contribution < -0.4 is 10.2 Å². The fraction of sp³-hybridized carbons (Fsp3) is 0.263. The molecule has 4 rings (SSSR count). The number of aromatic nitrogens is 5. The molecule has 9 heteroatoms. The molecule has 0 bridgehead atoms. The second-order valence-electron chi connectivity index (χ2n) is 6.43. The molecule has 3 aromatic rings. The molecule has 0 aliphatic carbocycles. The summed E-state index contributed by atoms with van der Waals surface area (Å²) in [6.45, 7) is 1.50. The van der Waals surface area contributed by atoms with Gasteiger partial charge in [-0.3, -0.25) is 15.1 Å². The minimum Gasteiger partial charge on any atom is -0.393 e. The summed E-state index contributed by atoms with van der Waals surface area (Å²) in [4.78, 5) is 35.5. The lowest BCUT2D eigenvalue weighted by atomic mass is 10.1. The number of hydrogen-bond acceptors (Lipinski definition) is 8. The van der Waals surface area contributed by atoms with Crippen LogP contribution in [-0.4, -0.2) is 55.1 Å². The Bertz CT molecular complexity index is 942. The van der Waals surface area contributed by atoms with Gasteiger partial charge in [0.1, 0.15) is 17.8 Å². The van der Waals surface area contributed by atoms with Gasteiger partial charge in [0.2, 0.25) is 5.95 Å². The lowest BCUT2D eigenvalue weighted by Gasteiger charge is -2.30. The highest BCUT2D eigenvalue weighted by molar-refractivity contribution is 6.03. The van der Waals surface area contributed by atoms with Crippen LogP contribution in [0.4, 0.5) is 11.8 Å². The fourth-order valence-electron chi connectivity index (χ4n) is 2.95. The van der Waals surface area contributed by atoms with E-state index in [4.69, 9.17) is 0 Å². The van der Waals surface area contributed by atoms with Gasteiger partial charge in [0.25, 0.3) is 5.91 Å². The van der Waals surface area contributed by atoms with Crippen LogP contribution in [0.5, 0.6) is 0 Å². The number of carbonyl (C=O) groups is 1. The standard InChI is InChI=1S/C19H19N7O2/c27-14-6-9-26(10-7-14)16-5-4-13(11-21-16)18(28)25-19-23-12-22-17(24-19)15-3-1-2-8-20-15/h1-5,8,11-12,14,27H,6-7,9-10H2,(H,22,23,24,25,28). The number of nitrogens with one attached hydrogen (secondary N) is 1. The Balaban J connectivity index is 1.44. The SMILES string of the molecule is O=C(Nc1ncnc(-c2ccccn2)n1)c1ccc(N2CCC(O)CC2)nc1. The third kappa shape index (κ3) is 4.09. The van der Waals surface area contributed by atoms with Crippen molar-refractivity contribution in [2.45, 2.75) is 18.9 Å². The lowest BCUT2D eigenvalue weighted by Crippen LogP contribution is -2.36. The van der Waals surface area contributed by atoms with Crippen LogP contribution in [0.3, 0.4) is 0 Å². The number of aliphatic hydroxyl groups excluding tert-OH is 1. The van der Waals surface area contributed by atoms with Crippen LogP contribution >= 0.6 is 0 Å². The minimum absolute atomic E-state index is 0.148. The van der Waals surface area contributed by atoms with E-state index in [1.54, 1.807) is 30.5 Å². The van der Waals surface area contributed by atoms with Gasteiger partial charge in [0.15, 0.2) is 5.82 Å². The maximum absolute atomic E-state index is 12.5. The molecular weight excluding hydrogens is 358 g/mol. The number of carbonyl (C=O) groups excluding carboxylic acids is 1. The van der Waals surface area contributed by atoms with E-state index in [1.165, 1.54) is 12.5 Å². The van der Waals surface area contributed by atoms with Gasteiger partial charge in [-0.25, -0.2) is 15.0 Å². The Morgan fingerprint density at radius 2 is 1.93 bits per heavy atom. The van der Waals surface area contributed by atoms with E-state index in [0.717, 1.165) is 31.7 Å². The first kappa shape index (κ1) is 17.9. The van der Waals surface area contributed by atoms with Crippen molar-refractivity contribution in [1.29, 1.82) is 0 Å². The van der Waals surface area contributed by atoms with Crippen molar-refractivity contribution in [3.63, 3.8) is 0 Å². The molecule has 2 N–H and O–H groups in total. The van der Waals surface area contributed by atoms with Gasteiger partial charge in [-0.1, -0.05) is 6.07 Å². The zero-order valence-electron chi connectivity index (χ0n) is 15.1. The highest BCUT2D eigenvalue weighted by Crippen LogP contribution is 2.18. The molecule has 4 heterocycles. The van der Waals surface area contributed by atoms with Crippen molar-refractivity contribution in [2.24, 2.45) is 0 Å². The van der Waals surface area contributed by atoms with Crippen molar-refractivity contribution in [2.75, 3.05) is 23.3 Å². The maximum atomic E-state index is 12.5. The van der Waals surface area contributed by atoms with Gasteiger partial charge >= 0.3 is 0 Å². The fourth-order valence-corrected chi connectivity index (χ4v) is 2.95. The molecule has 0 aromatic carbocycles. The molecule has 0 atom stereocenters. The molecular formula is C19H19N7O2. The molecule has 0 radical (unpaired) electrons. The Kier molecular flexibility index (Phi) is 5.16. The molecule has 0 unspecified atom stereocenters. The van der Waals surface area contributed by atoms with Gasteiger partial charge in [-0.2, -0.15) is 4.98 Å². The minimum atomic E-state index is -0.355. The summed E-state index contributed by atoms with van der Waals surface area (Å²) in [7, 11) is 0. The van der Waals surface area contributed by atoms with Crippen LogP contribution in [0.15, 0.2) is 49.1 Å². The van der Waals surface area contributed by atoms with Crippen LogP contribution in [0.2, 0.25) is 0 Å². The number of amides is 1. The summed E-state index contributed by atoms with van der Waals surface area (Å²) in [5, 5.41) is 12.3. The van der Waals surface area contributed by atoms with Crippen molar-refractivity contribution >= 4 is 17.7 Å². The first-order valence-corrected chi connectivity index (χ1v) is 9.00. The molecule has 1 fully saturated rings. The largest absolute Gasteiger partial charge is 0.393 e. The first-order valence-electron chi connectivity index (χ1n) is 9.00. The highest BCUT2D eigenvalue weighted by Gasteiger charge is 2.18. The van der Waals surface area contributed by atoms with E-state index < -0.39 is 0 Å². The predicted octanol–water partition coefficient (Wildman–Crippen LogP) is 1.54. The monoisotopic (exact) mass is 377 g/mol.